The zero-order valence-electron chi connectivity index (χ0n) is 14.1. The van der Waals surface area contributed by atoms with E-state index in [0.29, 0.717) is 25.6 Å². The maximum Gasteiger partial charge on any atom is 0.317 e. The van der Waals surface area contributed by atoms with Crippen molar-refractivity contribution >= 4 is 12.0 Å². The van der Waals surface area contributed by atoms with Gasteiger partial charge in [-0.3, -0.25) is 0 Å². The van der Waals surface area contributed by atoms with Crippen molar-refractivity contribution in [1.82, 2.24) is 20.2 Å². The number of rotatable bonds is 4. The minimum atomic E-state index is -0.00371. The molecule has 0 radical (unpaired) electrons. The highest BCUT2D eigenvalue weighted by Gasteiger charge is 2.30. The Kier molecular flexibility index (Phi) is 5.30. The van der Waals surface area contributed by atoms with Gasteiger partial charge in [0.1, 0.15) is 0 Å². The molecule has 3 heterocycles. The second-order valence-electron chi connectivity index (χ2n) is 6.40. The summed E-state index contributed by atoms with van der Waals surface area (Å²) in [6.45, 7) is 10.2. The molecule has 1 aromatic rings. The molecule has 0 aliphatic carbocycles. The molecule has 1 aromatic heterocycles. The van der Waals surface area contributed by atoms with Crippen molar-refractivity contribution < 1.29 is 9.53 Å². The smallest absolute Gasteiger partial charge is 0.317 e. The van der Waals surface area contributed by atoms with Crippen LogP contribution in [-0.4, -0.2) is 66.3 Å². The Balaban J connectivity index is 1.45. The van der Waals surface area contributed by atoms with Crippen molar-refractivity contribution in [2.24, 2.45) is 5.92 Å². The third-order valence-electron chi connectivity index (χ3n) is 4.62. The molecular weight excluding hydrogens is 306 g/mol. The number of carbonyl (C=O) groups excluding carboxylic acids is 1. The molecule has 2 fully saturated rings. The fraction of sp³-hybridized carbons (Fsp3) is 0.588. The Morgan fingerprint density at radius 1 is 1.33 bits per heavy atom. The first kappa shape index (κ1) is 16.7. The summed E-state index contributed by atoms with van der Waals surface area (Å²) >= 11 is 0. The van der Waals surface area contributed by atoms with E-state index >= 15 is 0 Å². The molecule has 0 unspecified atom stereocenters. The van der Waals surface area contributed by atoms with Gasteiger partial charge in [0.05, 0.1) is 6.10 Å². The lowest BCUT2D eigenvalue weighted by Gasteiger charge is -2.34. The van der Waals surface area contributed by atoms with E-state index in [1.54, 1.807) is 18.5 Å². The molecule has 24 heavy (non-hydrogen) atoms. The second kappa shape index (κ2) is 7.61. The minimum absolute atomic E-state index is 0.00371. The monoisotopic (exact) mass is 331 g/mol. The molecule has 2 aliphatic rings. The Bertz CT molecular complexity index is 572. The van der Waals surface area contributed by atoms with Crippen molar-refractivity contribution in [3.8, 4) is 0 Å². The molecule has 2 saturated heterocycles. The number of anilines is 1. The number of carbonyl (C=O) groups is 1. The number of urea groups is 1. The van der Waals surface area contributed by atoms with Gasteiger partial charge in [0.15, 0.2) is 0 Å². The molecule has 0 aromatic carbocycles. The quantitative estimate of drug-likeness (QED) is 0.842. The molecule has 7 nitrogen and oxygen atoms in total. The van der Waals surface area contributed by atoms with Crippen molar-refractivity contribution in [3.63, 3.8) is 0 Å². The Hall–Kier alpha value is -2.15. The topological polar surface area (TPSA) is 70.6 Å². The van der Waals surface area contributed by atoms with Crippen LogP contribution < -0.4 is 10.2 Å². The van der Waals surface area contributed by atoms with Crippen molar-refractivity contribution in [3.05, 3.63) is 30.6 Å². The summed E-state index contributed by atoms with van der Waals surface area (Å²) in [6, 6.07) is 1.80. The van der Waals surface area contributed by atoms with Gasteiger partial charge in [0.25, 0.3) is 0 Å². The van der Waals surface area contributed by atoms with E-state index in [0.717, 1.165) is 37.6 Å². The van der Waals surface area contributed by atoms with Crippen LogP contribution in [0.25, 0.3) is 0 Å². The minimum Gasteiger partial charge on any atom is -0.374 e. The number of ether oxygens (including phenoxy) is 1. The van der Waals surface area contributed by atoms with Crippen LogP contribution in [0.15, 0.2) is 30.6 Å². The lowest BCUT2D eigenvalue weighted by atomic mass is 9.97. The molecule has 7 heteroatoms. The third kappa shape index (κ3) is 3.84. The van der Waals surface area contributed by atoms with Gasteiger partial charge in [-0.15, -0.1) is 0 Å². The van der Waals surface area contributed by atoms with Gasteiger partial charge >= 0.3 is 6.03 Å². The molecule has 3 rings (SSSR count). The summed E-state index contributed by atoms with van der Waals surface area (Å²) in [5.74, 6) is 1.05. The van der Waals surface area contributed by atoms with Crippen LogP contribution in [0.3, 0.4) is 0 Å². The normalized spacial score (nSPS) is 24.0. The van der Waals surface area contributed by atoms with Crippen LogP contribution in [0.4, 0.5) is 10.7 Å². The number of aromatic nitrogens is 2. The maximum atomic E-state index is 12.4. The van der Waals surface area contributed by atoms with Gasteiger partial charge in [-0.25, -0.2) is 14.8 Å². The largest absolute Gasteiger partial charge is 0.374 e. The first-order valence-electron chi connectivity index (χ1n) is 8.47. The number of hydrogen-bond acceptors (Lipinski definition) is 5. The van der Waals surface area contributed by atoms with E-state index in [-0.39, 0.29) is 12.1 Å². The average Bonchev–Trinajstić information content (AvgIpc) is 3.09. The summed E-state index contributed by atoms with van der Waals surface area (Å²) in [5.41, 5.74) is 1.03. The van der Waals surface area contributed by atoms with E-state index in [4.69, 9.17) is 4.74 Å². The lowest BCUT2D eigenvalue weighted by Crippen LogP contribution is -2.53. The van der Waals surface area contributed by atoms with Gasteiger partial charge < -0.3 is 19.9 Å². The molecule has 0 spiro atoms. The highest BCUT2D eigenvalue weighted by Crippen LogP contribution is 2.25. The molecule has 2 amide bonds. The highest BCUT2D eigenvalue weighted by molar-refractivity contribution is 5.74. The van der Waals surface area contributed by atoms with E-state index in [2.05, 4.69) is 26.8 Å². The predicted molar refractivity (Wildman–Crippen MR) is 91.9 cm³/mol. The number of piperazine rings is 1. The van der Waals surface area contributed by atoms with Gasteiger partial charge in [0.2, 0.25) is 5.95 Å². The third-order valence-corrected chi connectivity index (χ3v) is 4.62. The number of nitrogens with one attached hydrogen (secondary N) is 1. The van der Waals surface area contributed by atoms with Crippen molar-refractivity contribution in [2.75, 3.05) is 44.2 Å². The summed E-state index contributed by atoms with van der Waals surface area (Å²) in [4.78, 5) is 24.9. The SMILES string of the molecule is C=C(C)[C@@H]1OCC[C@@H]1CNC(=O)N1CCN(c2ncccn2)CC1. The summed E-state index contributed by atoms with van der Waals surface area (Å²) in [7, 11) is 0. The standard InChI is InChI=1S/C17H25N5O2/c1-13(2)15-14(4-11-24-15)12-20-17(23)22-9-7-21(8-10-22)16-18-5-3-6-19-16/h3,5-6,14-15H,1,4,7-12H2,2H3,(H,20,23)/t14-,15+/m1/s1. The summed E-state index contributed by atoms with van der Waals surface area (Å²) < 4.78 is 5.68. The zero-order chi connectivity index (χ0) is 16.9. The second-order valence-corrected chi connectivity index (χ2v) is 6.40. The Labute approximate surface area is 142 Å². The molecule has 0 bridgehead atoms. The van der Waals surface area contributed by atoms with Crippen LogP contribution >= 0.6 is 0 Å². The number of nitrogens with zero attached hydrogens (tertiary/aromatic N) is 4. The molecule has 130 valence electrons. The highest BCUT2D eigenvalue weighted by atomic mass is 16.5. The van der Waals surface area contributed by atoms with Crippen LogP contribution in [0, 0.1) is 5.92 Å². The van der Waals surface area contributed by atoms with Crippen LogP contribution in [0.1, 0.15) is 13.3 Å². The number of hydrogen-bond donors (Lipinski definition) is 1. The van der Waals surface area contributed by atoms with Crippen LogP contribution in [-0.2, 0) is 4.74 Å². The van der Waals surface area contributed by atoms with Gasteiger partial charge in [-0.1, -0.05) is 12.2 Å². The van der Waals surface area contributed by atoms with Gasteiger partial charge in [-0.2, -0.15) is 0 Å². The van der Waals surface area contributed by atoms with Gasteiger partial charge in [0, 0.05) is 57.6 Å². The molecule has 0 saturated carbocycles. The summed E-state index contributed by atoms with van der Waals surface area (Å²) in [5, 5.41) is 3.05. The predicted octanol–water partition coefficient (Wildman–Crippen LogP) is 1.29. The number of amides is 2. The van der Waals surface area contributed by atoms with E-state index in [9.17, 15) is 4.79 Å². The fourth-order valence-electron chi connectivity index (χ4n) is 3.28. The first-order chi connectivity index (χ1) is 11.6. The van der Waals surface area contributed by atoms with Crippen LogP contribution in [0.5, 0.6) is 0 Å². The Morgan fingerprint density at radius 2 is 2.04 bits per heavy atom. The molecule has 2 aliphatic heterocycles. The maximum absolute atomic E-state index is 12.4. The lowest BCUT2D eigenvalue weighted by molar-refractivity contribution is 0.118. The van der Waals surface area contributed by atoms with Crippen molar-refractivity contribution in [1.29, 1.82) is 0 Å². The van der Waals surface area contributed by atoms with Crippen LogP contribution in [0.2, 0.25) is 0 Å². The molecular formula is C17H25N5O2. The Morgan fingerprint density at radius 3 is 2.71 bits per heavy atom. The fourth-order valence-corrected chi connectivity index (χ4v) is 3.28. The first-order valence-corrected chi connectivity index (χ1v) is 8.47. The van der Waals surface area contributed by atoms with E-state index in [1.807, 2.05) is 11.8 Å². The zero-order valence-corrected chi connectivity index (χ0v) is 14.1. The molecule has 2 atom stereocenters. The van der Waals surface area contributed by atoms with E-state index in [1.165, 1.54) is 0 Å². The molecule has 1 N–H and O–H groups in total. The average molecular weight is 331 g/mol. The van der Waals surface area contributed by atoms with Gasteiger partial charge in [-0.05, 0) is 19.4 Å². The van der Waals surface area contributed by atoms with E-state index < -0.39 is 0 Å². The summed E-state index contributed by atoms with van der Waals surface area (Å²) in [6.07, 6.45) is 4.51. The van der Waals surface area contributed by atoms with Crippen molar-refractivity contribution in [2.45, 2.75) is 19.4 Å².